The molecule has 0 saturated carbocycles. The summed E-state index contributed by atoms with van der Waals surface area (Å²) in [6.07, 6.45) is 0. The fraction of sp³-hybridized carbons (Fsp3) is 0.333. The van der Waals surface area contributed by atoms with Crippen LogP contribution in [0.15, 0.2) is 60.2 Å². The molecule has 210 valence electrons. The molecule has 1 heterocycles. The molecule has 3 aromatic carbocycles. The first-order chi connectivity index (χ1) is 19.1. The van der Waals surface area contributed by atoms with E-state index in [0.29, 0.717) is 53.2 Å². The number of carbonyl (C=O) groups is 2. The van der Waals surface area contributed by atoms with Crippen LogP contribution >= 0.6 is 0 Å². The second kappa shape index (κ2) is 11.9. The largest absolute Gasteiger partial charge is 0.507 e. The number of nitrogens with zero attached hydrogens (tertiary/aromatic N) is 1. The number of ketones is 1. The molecule has 7 heteroatoms. The topological polar surface area (TPSA) is 85.3 Å². The average Bonchev–Trinajstić information content (AvgIpc) is 3.19. The fourth-order valence-electron chi connectivity index (χ4n) is 4.79. The molecule has 3 aromatic rings. The number of benzene rings is 3. The van der Waals surface area contributed by atoms with Gasteiger partial charge < -0.3 is 19.3 Å². The minimum Gasteiger partial charge on any atom is -0.507 e. The lowest BCUT2D eigenvalue weighted by Crippen LogP contribution is -2.29. The van der Waals surface area contributed by atoms with Crippen LogP contribution in [0.2, 0.25) is 0 Å². The van der Waals surface area contributed by atoms with Gasteiger partial charge in [-0.1, -0.05) is 26.0 Å². The molecule has 1 amide bonds. The molecule has 40 heavy (non-hydrogen) atoms. The van der Waals surface area contributed by atoms with Gasteiger partial charge in [-0.15, -0.1) is 0 Å². The van der Waals surface area contributed by atoms with Crippen molar-refractivity contribution in [2.24, 2.45) is 5.92 Å². The van der Waals surface area contributed by atoms with Gasteiger partial charge in [0.1, 0.15) is 11.5 Å². The molecule has 7 nitrogen and oxygen atoms in total. The number of aryl methyl sites for hydroxylation is 3. The Morgan fingerprint density at radius 2 is 1.60 bits per heavy atom. The van der Waals surface area contributed by atoms with E-state index in [2.05, 4.69) is 13.8 Å². The number of anilines is 1. The Balaban J connectivity index is 1.91. The van der Waals surface area contributed by atoms with Crippen LogP contribution in [-0.2, 0) is 9.59 Å². The summed E-state index contributed by atoms with van der Waals surface area (Å²) >= 11 is 0. The van der Waals surface area contributed by atoms with Crippen molar-refractivity contribution >= 4 is 23.1 Å². The smallest absolute Gasteiger partial charge is 0.300 e. The van der Waals surface area contributed by atoms with Crippen LogP contribution in [-0.4, -0.2) is 37.1 Å². The molecule has 1 fully saturated rings. The van der Waals surface area contributed by atoms with E-state index >= 15 is 0 Å². The normalized spacial score (nSPS) is 16.5. The summed E-state index contributed by atoms with van der Waals surface area (Å²) in [5.41, 5.74) is 4.47. The van der Waals surface area contributed by atoms with Gasteiger partial charge in [-0.2, -0.15) is 0 Å². The Morgan fingerprint density at radius 1 is 0.875 bits per heavy atom. The van der Waals surface area contributed by atoms with E-state index < -0.39 is 17.7 Å². The molecule has 4 rings (SSSR count). The number of carbonyl (C=O) groups excluding carboxylic acids is 2. The summed E-state index contributed by atoms with van der Waals surface area (Å²) in [7, 11) is 1.55. The number of Topliss-reactive ketones (excluding diaryl/α,β-unsaturated/α-hetero) is 1. The van der Waals surface area contributed by atoms with Crippen molar-refractivity contribution in [3.05, 3.63) is 88.0 Å². The minimum absolute atomic E-state index is 0.00564. The molecule has 0 aliphatic carbocycles. The highest BCUT2D eigenvalue weighted by Gasteiger charge is 2.47. The quantitative estimate of drug-likeness (QED) is 0.184. The maximum Gasteiger partial charge on any atom is 0.300 e. The maximum absolute atomic E-state index is 13.6. The second-order valence-corrected chi connectivity index (χ2v) is 10.5. The molecule has 0 radical (unpaired) electrons. The maximum atomic E-state index is 13.6. The van der Waals surface area contributed by atoms with Crippen LogP contribution in [0.25, 0.3) is 5.76 Å². The predicted octanol–water partition coefficient (Wildman–Crippen LogP) is 6.68. The van der Waals surface area contributed by atoms with Crippen molar-refractivity contribution in [1.82, 2.24) is 0 Å². The van der Waals surface area contributed by atoms with Gasteiger partial charge in [0.15, 0.2) is 11.5 Å². The third-order valence-corrected chi connectivity index (χ3v) is 7.04. The second-order valence-electron chi connectivity index (χ2n) is 10.5. The molecular formula is C33H37NO6. The van der Waals surface area contributed by atoms with E-state index in [9.17, 15) is 14.7 Å². The molecule has 1 aliphatic heterocycles. The Morgan fingerprint density at radius 3 is 2.23 bits per heavy atom. The van der Waals surface area contributed by atoms with E-state index in [0.717, 1.165) is 16.7 Å². The van der Waals surface area contributed by atoms with Crippen LogP contribution < -0.4 is 19.1 Å². The molecule has 1 N–H and O–H groups in total. The number of amides is 1. The van der Waals surface area contributed by atoms with Crippen molar-refractivity contribution in [3.8, 4) is 17.2 Å². The van der Waals surface area contributed by atoms with E-state index in [1.165, 1.54) is 4.90 Å². The lowest BCUT2D eigenvalue weighted by atomic mass is 9.94. The first-order valence-corrected chi connectivity index (χ1v) is 13.5. The SMILES string of the molecule is CCOc1cc(C2/C(=C(\O)c3ccc(OCC(C)C)c(C)c3)C(=O)C(=O)N2c2ccc(C)c(C)c2)ccc1OC. The Labute approximate surface area is 236 Å². The van der Waals surface area contributed by atoms with Crippen molar-refractivity contribution in [2.75, 3.05) is 25.2 Å². The summed E-state index contributed by atoms with van der Waals surface area (Å²) in [6, 6.07) is 15.3. The van der Waals surface area contributed by atoms with Crippen molar-refractivity contribution in [2.45, 2.75) is 47.6 Å². The average molecular weight is 544 g/mol. The molecule has 1 saturated heterocycles. The lowest BCUT2D eigenvalue weighted by Gasteiger charge is -2.26. The third kappa shape index (κ3) is 5.55. The van der Waals surface area contributed by atoms with Gasteiger partial charge in [-0.05, 0) is 98.3 Å². The van der Waals surface area contributed by atoms with Crippen LogP contribution in [0.1, 0.15) is 54.6 Å². The Bertz CT molecular complexity index is 1470. The summed E-state index contributed by atoms with van der Waals surface area (Å²) in [4.78, 5) is 28.7. The van der Waals surface area contributed by atoms with Gasteiger partial charge in [-0.25, -0.2) is 0 Å². The van der Waals surface area contributed by atoms with Crippen molar-refractivity contribution in [3.63, 3.8) is 0 Å². The number of methoxy groups -OCH3 is 1. The molecular weight excluding hydrogens is 506 g/mol. The number of aliphatic hydroxyl groups excluding tert-OH is 1. The highest BCUT2D eigenvalue weighted by molar-refractivity contribution is 6.51. The van der Waals surface area contributed by atoms with Crippen LogP contribution in [0.4, 0.5) is 5.69 Å². The Kier molecular flexibility index (Phi) is 8.52. The standard InChI is InChI=1S/C33H37NO6/c1-8-39-28-17-23(10-14-27(28)38-7)30-29(31(35)24-11-13-26(22(6)15-24)40-18-19(2)3)32(36)33(37)34(30)25-12-9-20(4)21(5)16-25/h9-17,19,30,35H,8,18H2,1-7H3/b31-29+. The van der Waals surface area contributed by atoms with Gasteiger partial charge >= 0.3 is 0 Å². The fourth-order valence-corrected chi connectivity index (χ4v) is 4.79. The molecule has 1 atom stereocenters. The van der Waals surface area contributed by atoms with Crippen molar-refractivity contribution < 1.29 is 28.9 Å². The number of aliphatic hydroxyl groups is 1. The van der Waals surface area contributed by atoms with E-state index in [1.807, 2.05) is 45.9 Å². The highest BCUT2D eigenvalue weighted by Crippen LogP contribution is 2.44. The first-order valence-electron chi connectivity index (χ1n) is 13.5. The molecule has 0 aromatic heterocycles. The number of rotatable bonds is 9. The predicted molar refractivity (Wildman–Crippen MR) is 156 cm³/mol. The van der Waals surface area contributed by atoms with Gasteiger partial charge in [0.2, 0.25) is 0 Å². The van der Waals surface area contributed by atoms with Crippen LogP contribution in [0.3, 0.4) is 0 Å². The molecule has 0 bridgehead atoms. The minimum atomic E-state index is -0.885. The molecule has 1 unspecified atom stereocenters. The molecule has 0 spiro atoms. The number of hydrogen-bond acceptors (Lipinski definition) is 6. The van der Waals surface area contributed by atoms with Gasteiger partial charge in [0.05, 0.1) is 31.9 Å². The zero-order valence-corrected chi connectivity index (χ0v) is 24.2. The van der Waals surface area contributed by atoms with Crippen molar-refractivity contribution in [1.29, 1.82) is 0 Å². The monoisotopic (exact) mass is 543 g/mol. The van der Waals surface area contributed by atoms with Gasteiger partial charge in [-0.3, -0.25) is 14.5 Å². The van der Waals surface area contributed by atoms with Gasteiger partial charge in [0, 0.05) is 11.3 Å². The number of ether oxygens (including phenoxy) is 3. The summed E-state index contributed by atoms with van der Waals surface area (Å²) in [5.74, 6) is 0.359. The van der Waals surface area contributed by atoms with E-state index in [-0.39, 0.29) is 11.3 Å². The van der Waals surface area contributed by atoms with E-state index in [1.54, 1.807) is 43.5 Å². The third-order valence-electron chi connectivity index (χ3n) is 7.04. The Hall–Kier alpha value is -4.26. The highest BCUT2D eigenvalue weighted by atomic mass is 16.5. The van der Waals surface area contributed by atoms with E-state index in [4.69, 9.17) is 14.2 Å². The van der Waals surface area contributed by atoms with Crippen LogP contribution in [0, 0.1) is 26.7 Å². The molecule has 1 aliphatic rings. The zero-order chi connectivity index (χ0) is 29.1. The summed E-state index contributed by atoms with van der Waals surface area (Å²) < 4.78 is 17.1. The van der Waals surface area contributed by atoms with Gasteiger partial charge in [0.25, 0.3) is 11.7 Å². The summed E-state index contributed by atoms with van der Waals surface area (Å²) in [5, 5.41) is 11.6. The summed E-state index contributed by atoms with van der Waals surface area (Å²) in [6.45, 7) is 12.8. The lowest BCUT2D eigenvalue weighted by molar-refractivity contribution is -0.132. The van der Waals surface area contributed by atoms with Crippen LogP contribution in [0.5, 0.6) is 17.2 Å². The zero-order valence-electron chi connectivity index (χ0n) is 24.2. The number of hydrogen-bond donors (Lipinski definition) is 1. The first kappa shape index (κ1) is 28.7.